The van der Waals surface area contributed by atoms with Crippen molar-refractivity contribution < 1.29 is 30.7 Å². The molecule has 2 amide bonds. The van der Waals surface area contributed by atoms with Crippen molar-refractivity contribution in [2.45, 2.75) is 0 Å². The van der Waals surface area contributed by atoms with E-state index in [4.69, 9.17) is 0 Å². The van der Waals surface area contributed by atoms with Gasteiger partial charge in [0.05, 0.1) is 22.8 Å². The molecule has 6 nitrogen and oxygen atoms in total. The van der Waals surface area contributed by atoms with Gasteiger partial charge in [-0.2, -0.15) is 0 Å². The molecule has 51 heavy (non-hydrogen) atoms. The van der Waals surface area contributed by atoms with Gasteiger partial charge in [0.2, 0.25) is 0 Å². The van der Waals surface area contributed by atoms with Crippen LogP contribution in [0.4, 0.5) is 22.7 Å². The number of rotatable bonds is 2. The number of aliphatic imine (C=N–C) groups is 2. The van der Waals surface area contributed by atoms with Gasteiger partial charge >= 0.3 is 21.1 Å². The van der Waals surface area contributed by atoms with E-state index in [9.17, 15) is 9.59 Å². The largest absolute Gasteiger partial charge is 2.00 e. The Kier molecular flexibility index (Phi) is 10.9. The number of hydrogen-bond acceptors (Lipinski definition) is 4. The molecule has 6 aromatic carbocycles. The van der Waals surface area contributed by atoms with Crippen LogP contribution >= 0.6 is 0 Å². The van der Waals surface area contributed by atoms with Gasteiger partial charge < -0.3 is 20.2 Å². The van der Waals surface area contributed by atoms with E-state index in [1.165, 1.54) is 0 Å². The number of carbonyl (C=O) groups excluding carboxylic acids is 2. The molecule has 0 saturated heterocycles. The third kappa shape index (κ3) is 8.53. The standard InChI is InChI=1S/2C22H14N2O.W/c2*25-22-21(19-8-4-5-9-20(19)24-22)23-18-14-12-17(13-15-18)11-10-16-6-2-1-3-7-16;/h2*1-9,12-15H,(H,23,24,25);/q;;+2/p-2. The maximum absolute atomic E-state index is 12.0. The molecule has 2 aliphatic rings. The summed E-state index contributed by atoms with van der Waals surface area (Å²) in [5.41, 5.74) is 8.85. The molecular weight excluding hydrogens is 800 g/mol. The van der Waals surface area contributed by atoms with E-state index in [1.807, 2.05) is 158 Å². The fourth-order valence-electron chi connectivity index (χ4n) is 5.14. The van der Waals surface area contributed by atoms with E-state index in [2.05, 4.69) is 44.3 Å². The van der Waals surface area contributed by atoms with Crippen LogP contribution in [-0.2, 0) is 30.7 Å². The number of para-hydroxylation sites is 2. The Morgan fingerprint density at radius 3 is 1.06 bits per heavy atom. The first-order valence-corrected chi connectivity index (χ1v) is 15.8. The minimum absolute atomic E-state index is 0. The Morgan fingerprint density at radius 1 is 0.373 bits per heavy atom. The molecule has 0 spiro atoms. The van der Waals surface area contributed by atoms with Gasteiger partial charge in [-0.1, -0.05) is 109 Å². The molecule has 0 saturated carbocycles. The number of nitrogens with zero attached hydrogens (tertiary/aromatic N) is 4. The van der Waals surface area contributed by atoms with Gasteiger partial charge in [-0.25, -0.2) is 9.98 Å². The molecule has 0 radical (unpaired) electrons. The molecule has 7 heteroatoms. The van der Waals surface area contributed by atoms with Crippen LogP contribution < -0.4 is 0 Å². The van der Waals surface area contributed by atoms with E-state index >= 15 is 0 Å². The number of benzene rings is 6. The first-order chi connectivity index (χ1) is 24.6. The van der Waals surface area contributed by atoms with Crippen molar-refractivity contribution >= 4 is 46.0 Å². The minimum atomic E-state index is -0.297. The van der Waals surface area contributed by atoms with Gasteiger partial charge in [-0.05, 0) is 83.9 Å². The molecule has 0 aromatic heterocycles. The van der Waals surface area contributed by atoms with Crippen LogP contribution in [0.2, 0.25) is 0 Å². The van der Waals surface area contributed by atoms with Gasteiger partial charge in [-0.3, -0.25) is 0 Å². The van der Waals surface area contributed by atoms with E-state index in [-0.39, 0.29) is 32.9 Å². The molecule has 0 aliphatic carbocycles. The molecule has 0 atom stereocenters. The average Bonchev–Trinajstić information content (AvgIpc) is 3.66. The third-order valence-electron chi connectivity index (χ3n) is 7.63. The second-order valence-electron chi connectivity index (χ2n) is 11.1. The summed E-state index contributed by atoms with van der Waals surface area (Å²) in [4.78, 5) is 33.0. The van der Waals surface area contributed by atoms with Crippen LogP contribution in [0.15, 0.2) is 168 Å². The van der Waals surface area contributed by atoms with Crippen molar-refractivity contribution in [1.29, 1.82) is 0 Å². The van der Waals surface area contributed by atoms with Crippen molar-refractivity contribution in [3.8, 4) is 23.7 Å². The zero-order valence-corrected chi connectivity index (χ0v) is 30.0. The summed E-state index contributed by atoms with van der Waals surface area (Å²) < 4.78 is 0. The zero-order chi connectivity index (χ0) is 34.1. The van der Waals surface area contributed by atoms with Gasteiger partial charge in [-0.15, -0.1) is 11.4 Å². The van der Waals surface area contributed by atoms with Gasteiger partial charge in [0.25, 0.3) is 0 Å². The Bertz CT molecular complexity index is 2230. The predicted octanol–water partition coefficient (Wildman–Crippen LogP) is 9.50. The van der Waals surface area contributed by atoms with E-state index < -0.39 is 0 Å². The average molecular weight is 827 g/mol. The van der Waals surface area contributed by atoms with Crippen LogP contribution in [0.3, 0.4) is 0 Å². The van der Waals surface area contributed by atoms with Crippen LogP contribution in [0.5, 0.6) is 0 Å². The normalized spacial score (nSPS) is 13.5. The summed E-state index contributed by atoms with van der Waals surface area (Å²) in [6.07, 6.45) is 0. The van der Waals surface area contributed by atoms with E-state index in [1.54, 1.807) is 0 Å². The second-order valence-corrected chi connectivity index (χ2v) is 11.1. The SMILES string of the molecule is O=C1[N-]c2ccccc2C1=Nc1ccc(C#Cc2ccccc2)cc1.O=C1[N-]c2ccccc2C1=Nc1ccc(C#Cc2ccccc2)cc1.[W+2]. The van der Waals surface area contributed by atoms with Crippen molar-refractivity contribution in [3.05, 3.63) is 202 Å². The molecule has 6 aromatic rings. The van der Waals surface area contributed by atoms with Crippen molar-refractivity contribution in [1.82, 2.24) is 0 Å². The first kappa shape index (κ1) is 34.3. The molecule has 0 unspecified atom stereocenters. The topological polar surface area (TPSA) is 87.1 Å². The fourth-order valence-corrected chi connectivity index (χ4v) is 5.14. The Labute approximate surface area is 310 Å². The van der Waals surface area contributed by atoms with Crippen LogP contribution in [0.25, 0.3) is 10.6 Å². The number of carbonyl (C=O) groups is 2. The molecule has 0 bridgehead atoms. The smallest absolute Gasteiger partial charge is 0.621 e. The molecule has 2 heterocycles. The second kappa shape index (κ2) is 16.2. The number of fused-ring (bicyclic) bond motifs is 2. The van der Waals surface area contributed by atoms with E-state index in [0.29, 0.717) is 34.2 Å². The molecule has 0 N–H and O–H groups in total. The minimum Gasteiger partial charge on any atom is -0.621 e. The maximum atomic E-state index is 12.0. The summed E-state index contributed by atoms with van der Waals surface area (Å²) in [5.74, 6) is 11.9. The van der Waals surface area contributed by atoms with Gasteiger partial charge in [0.15, 0.2) is 0 Å². The van der Waals surface area contributed by atoms with Crippen LogP contribution in [0.1, 0.15) is 33.4 Å². The maximum Gasteiger partial charge on any atom is 2.00 e. The monoisotopic (exact) mass is 826 g/mol. The van der Waals surface area contributed by atoms with Crippen molar-refractivity contribution in [2.75, 3.05) is 0 Å². The predicted molar refractivity (Wildman–Crippen MR) is 199 cm³/mol. The molecule has 0 fully saturated rings. The zero-order valence-electron chi connectivity index (χ0n) is 27.0. The first-order valence-electron chi connectivity index (χ1n) is 15.8. The molecular formula is C44H26N4O2W. The molecule has 240 valence electrons. The van der Waals surface area contributed by atoms with Gasteiger partial charge in [0.1, 0.15) is 11.8 Å². The third-order valence-corrected chi connectivity index (χ3v) is 7.63. The summed E-state index contributed by atoms with van der Waals surface area (Å²) in [5, 5.41) is 8.04. The Morgan fingerprint density at radius 2 is 0.686 bits per heavy atom. The molecule has 8 rings (SSSR count). The molecule has 2 aliphatic heterocycles. The number of amides is 2. The fraction of sp³-hybridized carbons (Fsp3) is 0. The summed E-state index contributed by atoms with van der Waals surface area (Å²) in [7, 11) is 0. The quantitative estimate of drug-likeness (QED) is 0.163. The van der Waals surface area contributed by atoms with Gasteiger partial charge in [0, 0.05) is 22.3 Å². The Balaban J connectivity index is 0.000000172. The van der Waals surface area contributed by atoms with Crippen molar-refractivity contribution in [3.63, 3.8) is 0 Å². The van der Waals surface area contributed by atoms with E-state index in [0.717, 1.165) is 33.4 Å². The van der Waals surface area contributed by atoms with Crippen LogP contribution in [0, 0.1) is 23.7 Å². The van der Waals surface area contributed by atoms with Crippen LogP contribution in [-0.4, -0.2) is 23.2 Å². The summed E-state index contributed by atoms with van der Waals surface area (Å²) >= 11 is 0. The Hall–Kier alpha value is -6.59. The summed E-state index contributed by atoms with van der Waals surface area (Å²) in [6, 6.07) is 49.5. The summed E-state index contributed by atoms with van der Waals surface area (Å²) in [6.45, 7) is 0. The number of hydrogen-bond donors (Lipinski definition) is 0. The van der Waals surface area contributed by atoms with Crippen molar-refractivity contribution in [2.24, 2.45) is 9.98 Å².